The number of oxazole rings is 1. The first-order valence-corrected chi connectivity index (χ1v) is 8.90. The highest BCUT2D eigenvalue weighted by atomic mass is 19.1. The lowest BCUT2D eigenvalue weighted by molar-refractivity contribution is 0.102. The van der Waals surface area contributed by atoms with Crippen LogP contribution in [0.15, 0.2) is 83.4 Å². The first-order valence-electron chi connectivity index (χ1n) is 8.90. The lowest BCUT2D eigenvalue weighted by Gasteiger charge is -2.08. The van der Waals surface area contributed by atoms with Crippen LogP contribution in [0.2, 0.25) is 0 Å². The largest absolute Gasteiger partial charge is 0.497 e. The normalized spacial score (nSPS) is 10.6. The predicted molar refractivity (Wildman–Crippen MR) is 108 cm³/mol. The van der Waals surface area contributed by atoms with Crippen molar-refractivity contribution < 1.29 is 18.3 Å². The van der Waals surface area contributed by atoms with Gasteiger partial charge in [0.25, 0.3) is 5.91 Å². The molecule has 5 nitrogen and oxygen atoms in total. The third kappa shape index (κ3) is 4.01. The van der Waals surface area contributed by atoms with Crippen molar-refractivity contribution in [3.8, 4) is 28.5 Å². The Hall–Kier alpha value is -3.93. The van der Waals surface area contributed by atoms with Gasteiger partial charge < -0.3 is 14.5 Å². The summed E-state index contributed by atoms with van der Waals surface area (Å²) in [7, 11) is 1.61. The van der Waals surface area contributed by atoms with E-state index in [1.54, 1.807) is 37.6 Å². The predicted octanol–water partition coefficient (Wildman–Crippen LogP) is 5.41. The number of ether oxygens (including phenoxy) is 1. The van der Waals surface area contributed by atoms with Crippen LogP contribution < -0.4 is 10.1 Å². The fourth-order valence-corrected chi connectivity index (χ4v) is 2.89. The zero-order valence-corrected chi connectivity index (χ0v) is 15.6. The molecule has 4 rings (SSSR count). The van der Waals surface area contributed by atoms with Crippen molar-refractivity contribution in [1.82, 2.24) is 4.98 Å². The molecular formula is C23H17FN2O3. The molecule has 144 valence electrons. The van der Waals surface area contributed by atoms with E-state index in [-0.39, 0.29) is 11.7 Å². The highest BCUT2D eigenvalue weighted by molar-refractivity contribution is 6.08. The number of amides is 1. The number of methoxy groups -OCH3 is 1. The monoisotopic (exact) mass is 388 g/mol. The van der Waals surface area contributed by atoms with Gasteiger partial charge in [0.05, 0.1) is 18.9 Å². The van der Waals surface area contributed by atoms with Crippen molar-refractivity contribution >= 4 is 11.6 Å². The van der Waals surface area contributed by atoms with Gasteiger partial charge in [0.2, 0.25) is 5.89 Å². The van der Waals surface area contributed by atoms with Crippen molar-refractivity contribution in [2.75, 3.05) is 12.4 Å². The minimum atomic E-state index is -0.366. The van der Waals surface area contributed by atoms with Gasteiger partial charge in [0.1, 0.15) is 11.6 Å². The molecule has 3 aromatic carbocycles. The smallest absolute Gasteiger partial charge is 0.256 e. The van der Waals surface area contributed by atoms with Gasteiger partial charge in [0, 0.05) is 16.8 Å². The number of halogens is 1. The zero-order valence-electron chi connectivity index (χ0n) is 15.6. The maximum Gasteiger partial charge on any atom is 0.256 e. The highest BCUT2D eigenvalue weighted by Gasteiger charge is 2.17. The third-order valence-corrected chi connectivity index (χ3v) is 4.38. The maximum atomic E-state index is 13.1. The van der Waals surface area contributed by atoms with Crippen LogP contribution in [-0.4, -0.2) is 18.0 Å². The van der Waals surface area contributed by atoms with E-state index in [0.29, 0.717) is 28.5 Å². The minimum absolute atomic E-state index is 0.334. The van der Waals surface area contributed by atoms with Crippen molar-refractivity contribution in [2.24, 2.45) is 0 Å². The van der Waals surface area contributed by atoms with Gasteiger partial charge in [-0.15, -0.1) is 0 Å². The molecular weight excluding hydrogens is 371 g/mol. The van der Waals surface area contributed by atoms with Gasteiger partial charge in [-0.25, -0.2) is 9.37 Å². The Labute approximate surface area is 166 Å². The van der Waals surface area contributed by atoms with Crippen LogP contribution in [-0.2, 0) is 0 Å². The van der Waals surface area contributed by atoms with Crippen LogP contribution in [0.5, 0.6) is 5.75 Å². The summed E-state index contributed by atoms with van der Waals surface area (Å²) in [6.45, 7) is 0. The van der Waals surface area contributed by atoms with Crippen molar-refractivity contribution in [1.29, 1.82) is 0 Å². The van der Waals surface area contributed by atoms with Gasteiger partial charge in [-0.3, -0.25) is 4.79 Å². The van der Waals surface area contributed by atoms with Crippen molar-refractivity contribution in [2.45, 2.75) is 0 Å². The van der Waals surface area contributed by atoms with E-state index in [0.717, 1.165) is 11.3 Å². The highest BCUT2D eigenvalue weighted by Crippen LogP contribution is 2.29. The van der Waals surface area contributed by atoms with Gasteiger partial charge in [-0.05, 0) is 60.7 Å². The molecule has 1 aromatic heterocycles. The molecule has 0 aliphatic carbocycles. The van der Waals surface area contributed by atoms with Gasteiger partial charge in [-0.2, -0.15) is 0 Å². The van der Waals surface area contributed by atoms with Crippen LogP contribution in [0.4, 0.5) is 10.1 Å². The van der Waals surface area contributed by atoms with Crippen molar-refractivity contribution in [3.63, 3.8) is 0 Å². The van der Waals surface area contributed by atoms with E-state index >= 15 is 0 Å². The molecule has 0 aliphatic rings. The second-order valence-electron chi connectivity index (χ2n) is 6.26. The molecule has 0 bridgehead atoms. The summed E-state index contributed by atoms with van der Waals surface area (Å²) in [4.78, 5) is 17.1. The van der Waals surface area contributed by atoms with Gasteiger partial charge in [-0.1, -0.05) is 12.1 Å². The Kier molecular flexibility index (Phi) is 5.07. The number of hydrogen-bond donors (Lipinski definition) is 1. The summed E-state index contributed by atoms with van der Waals surface area (Å²) in [5.74, 6) is 0.957. The molecule has 0 saturated heterocycles. The lowest BCUT2D eigenvalue weighted by Crippen LogP contribution is -2.13. The summed E-state index contributed by atoms with van der Waals surface area (Å²) in [5.41, 5.74) is 2.31. The molecule has 1 N–H and O–H groups in total. The molecule has 4 aromatic rings. The number of carbonyl (C=O) groups is 1. The number of benzene rings is 3. The van der Waals surface area contributed by atoms with Crippen LogP contribution in [0.25, 0.3) is 22.8 Å². The molecule has 0 spiro atoms. The van der Waals surface area contributed by atoms with Gasteiger partial charge >= 0.3 is 0 Å². The molecule has 0 radical (unpaired) electrons. The quantitative estimate of drug-likeness (QED) is 0.497. The maximum absolute atomic E-state index is 13.1. The fraction of sp³-hybridized carbons (Fsp3) is 0.0435. The third-order valence-electron chi connectivity index (χ3n) is 4.38. The summed E-state index contributed by atoms with van der Waals surface area (Å²) in [6, 6.07) is 20.0. The zero-order chi connectivity index (χ0) is 20.2. The number of nitrogens with zero attached hydrogens (tertiary/aromatic N) is 1. The van der Waals surface area contributed by atoms with Crippen LogP contribution in [0, 0.1) is 5.82 Å². The molecule has 0 unspecified atom stereocenters. The fourth-order valence-electron chi connectivity index (χ4n) is 2.89. The SMILES string of the molecule is COc1ccc(-c2cnc(-c3ccccc3C(=O)Nc3ccc(F)cc3)o2)cc1. The number of aromatic nitrogens is 1. The van der Waals surface area contributed by atoms with Gasteiger partial charge in [0.15, 0.2) is 5.76 Å². The number of rotatable bonds is 5. The Balaban J connectivity index is 1.62. The lowest BCUT2D eigenvalue weighted by atomic mass is 10.1. The first-order chi connectivity index (χ1) is 14.1. The molecule has 0 aliphatic heterocycles. The summed E-state index contributed by atoms with van der Waals surface area (Å²) < 4.78 is 24.1. The second kappa shape index (κ2) is 7.98. The molecule has 6 heteroatoms. The van der Waals surface area contributed by atoms with E-state index in [2.05, 4.69) is 10.3 Å². The Morgan fingerprint density at radius 3 is 2.45 bits per heavy atom. The second-order valence-corrected chi connectivity index (χ2v) is 6.26. The first kappa shape index (κ1) is 18.4. The average molecular weight is 388 g/mol. The van der Waals surface area contributed by atoms with E-state index in [9.17, 15) is 9.18 Å². The van der Waals surface area contributed by atoms with E-state index < -0.39 is 0 Å². The molecule has 1 amide bonds. The number of hydrogen-bond acceptors (Lipinski definition) is 4. The van der Waals surface area contributed by atoms with E-state index in [4.69, 9.17) is 9.15 Å². The molecule has 29 heavy (non-hydrogen) atoms. The molecule has 0 saturated carbocycles. The Morgan fingerprint density at radius 1 is 1.00 bits per heavy atom. The van der Waals surface area contributed by atoms with Crippen LogP contribution >= 0.6 is 0 Å². The minimum Gasteiger partial charge on any atom is -0.497 e. The Morgan fingerprint density at radius 2 is 1.72 bits per heavy atom. The number of nitrogens with one attached hydrogen (secondary N) is 1. The topological polar surface area (TPSA) is 64.4 Å². The standard InChI is InChI=1S/C23H17FN2O3/c1-28-18-12-6-15(7-13-18)21-14-25-23(29-21)20-5-3-2-4-19(20)22(27)26-17-10-8-16(24)9-11-17/h2-14H,1H3,(H,26,27). The van der Waals surface area contributed by atoms with E-state index in [1.165, 1.54) is 24.3 Å². The molecule has 0 fully saturated rings. The summed E-state index contributed by atoms with van der Waals surface area (Å²) in [5, 5.41) is 2.76. The number of anilines is 1. The van der Waals surface area contributed by atoms with Crippen molar-refractivity contribution in [3.05, 3.63) is 90.4 Å². The van der Waals surface area contributed by atoms with Crippen LogP contribution in [0.3, 0.4) is 0 Å². The number of carbonyl (C=O) groups excluding carboxylic acids is 1. The summed E-state index contributed by atoms with van der Waals surface area (Å²) in [6.07, 6.45) is 1.62. The molecule has 0 atom stereocenters. The summed E-state index contributed by atoms with van der Waals surface area (Å²) >= 11 is 0. The average Bonchev–Trinajstić information content (AvgIpc) is 3.25. The van der Waals surface area contributed by atoms with Crippen LogP contribution in [0.1, 0.15) is 10.4 Å². The Bertz CT molecular complexity index is 1140. The van der Waals surface area contributed by atoms with E-state index in [1.807, 2.05) is 24.3 Å². The molecule has 1 heterocycles.